The second kappa shape index (κ2) is 7.88. The SMILES string of the molecule is Cc1ncc(C(=O)N(C)c2ccccc2Sc2ccc(Br)cc2)c(N)n1. The molecule has 0 saturated carbocycles. The summed E-state index contributed by atoms with van der Waals surface area (Å²) in [6.07, 6.45) is 1.47. The number of aryl methyl sites for hydroxylation is 1. The highest BCUT2D eigenvalue weighted by molar-refractivity contribution is 9.10. The van der Waals surface area contributed by atoms with E-state index in [1.54, 1.807) is 30.6 Å². The van der Waals surface area contributed by atoms with Crippen molar-refractivity contribution in [3.05, 3.63) is 70.6 Å². The number of halogens is 1. The number of rotatable bonds is 4. The van der Waals surface area contributed by atoms with Crippen LogP contribution in [-0.4, -0.2) is 22.9 Å². The van der Waals surface area contributed by atoms with Gasteiger partial charge in [-0.25, -0.2) is 9.97 Å². The summed E-state index contributed by atoms with van der Waals surface area (Å²) in [6.45, 7) is 1.73. The van der Waals surface area contributed by atoms with Gasteiger partial charge in [-0.2, -0.15) is 0 Å². The average Bonchev–Trinajstić information content (AvgIpc) is 2.63. The van der Waals surface area contributed by atoms with Crippen molar-refractivity contribution >= 4 is 45.1 Å². The van der Waals surface area contributed by atoms with Crippen LogP contribution in [0.2, 0.25) is 0 Å². The Kier molecular flexibility index (Phi) is 5.58. The van der Waals surface area contributed by atoms with Crippen LogP contribution in [-0.2, 0) is 0 Å². The number of aromatic nitrogens is 2. The molecule has 1 heterocycles. The summed E-state index contributed by atoms with van der Waals surface area (Å²) in [7, 11) is 1.72. The van der Waals surface area contributed by atoms with Crippen LogP contribution in [0, 0.1) is 6.92 Å². The Balaban J connectivity index is 1.91. The van der Waals surface area contributed by atoms with Crippen LogP contribution >= 0.6 is 27.7 Å². The molecule has 1 amide bonds. The topological polar surface area (TPSA) is 72.1 Å². The highest BCUT2D eigenvalue weighted by Crippen LogP contribution is 2.36. The molecular formula is C19H17BrN4OS. The van der Waals surface area contributed by atoms with Crippen LogP contribution in [0.5, 0.6) is 0 Å². The fraction of sp³-hybridized carbons (Fsp3) is 0.105. The molecule has 0 aliphatic rings. The minimum Gasteiger partial charge on any atom is -0.383 e. The number of amides is 1. The summed E-state index contributed by atoms with van der Waals surface area (Å²) in [6, 6.07) is 15.8. The van der Waals surface area contributed by atoms with E-state index in [9.17, 15) is 4.79 Å². The maximum atomic E-state index is 12.9. The van der Waals surface area contributed by atoms with Gasteiger partial charge in [0.05, 0.1) is 5.69 Å². The number of benzene rings is 2. The lowest BCUT2D eigenvalue weighted by Crippen LogP contribution is -2.28. The van der Waals surface area contributed by atoms with Gasteiger partial charge < -0.3 is 10.6 Å². The molecule has 3 aromatic rings. The van der Waals surface area contributed by atoms with Gasteiger partial charge in [0, 0.05) is 27.5 Å². The van der Waals surface area contributed by atoms with Crippen LogP contribution in [0.1, 0.15) is 16.2 Å². The number of nitrogens with two attached hydrogens (primary N) is 1. The van der Waals surface area contributed by atoms with Gasteiger partial charge in [-0.15, -0.1) is 0 Å². The number of hydrogen-bond donors (Lipinski definition) is 1. The Labute approximate surface area is 164 Å². The molecule has 0 saturated heterocycles. The summed E-state index contributed by atoms with van der Waals surface area (Å²) in [4.78, 5) is 24.7. The molecule has 0 spiro atoms. The lowest BCUT2D eigenvalue weighted by Gasteiger charge is -2.21. The van der Waals surface area contributed by atoms with Crippen molar-refractivity contribution < 1.29 is 4.79 Å². The van der Waals surface area contributed by atoms with Crippen LogP contribution < -0.4 is 10.6 Å². The van der Waals surface area contributed by atoms with Crippen LogP contribution in [0.15, 0.2) is 69.0 Å². The first-order chi connectivity index (χ1) is 12.5. The quantitative estimate of drug-likeness (QED) is 0.659. The van der Waals surface area contributed by atoms with Crippen molar-refractivity contribution in [3.63, 3.8) is 0 Å². The number of nitrogen functional groups attached to an aromatic ring is 1. The Hall–Kier alpha value is -2.38. The van der Waals surface area contributed by atoms with E-state index in [1.165, 1.54) is 6.20 Å². The number of anilines is 2. The first-order valence-electron chi connectivity index (χ1n) is 7.85. The molecule has 0 aliphatic carbocycles. The summed E-state index contributed by atoms with van der Waals surface area (Å²) in [5.41, 5.74) is 7.00. The highest BCUT2D eigenvalue weighted by atomic mass is 79.9. The molecule has 0 aliphatic heterocycles. The first kappa shape index (κ1) is 18.4. The zero-order chi connectivity index (χ0) is 18.7. The molecule has 0 unspecified atom stereocenters. The van der Waals surface area contributed by atoms with E-state index >= 15 is 0 Å². The Morgan fingerprint density at radius 3 is 2.54 bits per heavy atom. The lowest BCUT2D eigenvalue weighted by molar-refractivity contribution is 0.0993. The van der Waals surface area contributed by atoms with Gasteiger partial charge in [0.2, 0.25) is 0 Å². The zero-order valence-corrected chi connectivity index (χ0v) is 16.7. The molecule has 7 heteroatoms. The van der Waals surface area contributed by atoms with Crippen molar-refractivity contribution in [2.45, 2.75) is 16.7 Å². The monoisotopic (exact) mass is 428 g/mol. The van der Waals surface area contributed by atoms with Gasteiger partial charge in [0.15, 0.2) is 0 Å². The van der Waals surface area contributed by atoms with E-state index in [-0.39, 0.29) is 11.7 Å². The molecule has 5 nitrogen and oxygen atoms in total. The van der Waals surface area contributed by atoms with E-state index in [1.807, 2.05) is 48.5 Å². The maximum Gasteiger partial charge on any atom is 0.263 e. The van der Waals surface area contributed by atoms with Crippen molar-refractivity contribution in [1.82, 2.24) is 9.97 Å². The minimum atomic E-state index is -0.244. The number of hydrogen-bond acceptors (Lipinski definition) is 5. The molecule has 0 atom stereocenters. The third kappa shape index (κ3) is 4.05. The number of nitrogens with zero attached hydrogens (tertiary/aromatic N) is 3. The summed E-state index contributed by atoms with van der Waals surface area (Å²) < 4.78 is 1.03. The van der Waals surface area contributed by atoms with E-state index in [0.717, 1.165) is 20.0 Å². The average molecular weight is 429 g/mol. The maximum absolute atomic E-state index is 12.9. The lowest BCUT2D eigenvalue weighted by atomic mass is 10.2. The molecule has 2 N–H and O–H groups in total. The molecule has 0 fully saturated rings. The van der Waals surface area contributed by atoms with Crippen molar-refractivity contribution in [2.24, 2.45) is 0 Å². The Morgan fingerprint density at radius 2 is 1.85 bits per heavy atom. The third-order valence-corrected chi connectivity index (χ3v) is 5.34. The van der Waals surface area contributed by atoms with E-state index < -0.39 is 0 Å². The predicted octanol–water partition coefficient (Wildman–Crippen LogP) is 4.56. The normalized spacial score (nSPS) is 10.6. The zero-order valence-electron chi connectivity index (χ0n) is 14.3. The van der Waals surface area contributed by atoms with Crippen molar-refractivity contribution in [1.29, 1.82) is 0 Å². The molecule has 0 radical (unpaired) electrons. The summed E-state index contributed by atoms with van der Waals surface area (Å²) in [5.74, 6) is 0.478. The number of carbonyl (C=O) groups excluding carboxylic acids is 1. The number of para-hydroxylation sites is 1. The van der Waals surface area contributed by atoms with Crippen LogP contribution in [0.3, 0.4) is 0 Å². The van der Waals surface area contributed by atoms with E-state index in [2.05, 4.69) is 25.9 Å². The van der Waals surface area contributed by atoms with Gasteiger partial charge >= 0.3 is 0 Å². The van der Waals surface area contributed by atoms with Gasteiger partial charge in [-0.3, -0.25) is 4.79 Å². The molecule has 132 valence electrons. The third-order valence-electron chi connectivity index (χ3n) is 3.74. The Morgan fingerprint density at radius 1 is 1.15 bits per heavy atom. The van der Waals surface area contributed by atoms with Gasteiger partial charge in [0.1, 0.15) is 17.2 Å². The molecule has 2 aromatic carbocycles. The van der Waals surface area contributed by atoms with Crippen LogP contribution in [0.4, 0.5) is 11.5 Å². The second-order valence-corrected chi connectivity index (χ2v) is 7.64. The molecule has 0 bridgehead atoms. The smallest absolute Gasteiger partial charge is 0.263 e. The summed E-state index contributed by atoms with van der Waals surface area (Å²) in [5, 5.41) is 0. The van der Waals surface area contributed by atoms with Crippen LogP contribution in [0.25, 0.3) is 0 Å². The summed E-state index contributed by atoms with van der Waals surface area (Å²) >= 11 is 5.03. The standard InChI is InChI=1S/C19H17BrN4OS/c1-12-22-11-15(18(21)23-12)19(25)24(2)16-5-3-4-6-17(16)26-14-9-7-13(20)8-10-14/h3-11H,1-2H3,(H2,21,22,23). The van der Waals surface area contributed by atoms with E-state index in [4.69, 9.17) is 5.73 Å². The van der Waals surface area contributed by atoms with E-state index in [0.29, 0.717) is 11.4 Å². The predicted molar refractivity (Wildman–Crippen MR) is 109 cm³/mol. The minimum absolute atomic E-state index is 0.187. The Bertz CT molecular complexity index is 947. The molecule has 26 heavy (non-hydrogen) atoms. The molecular weight excluding hydrogens is 412 g/mol. The fourth-order valence-corrected chi connectivity index (χ4v) is 3.64. The fourth-order valence-electron chi connectivity index (χ4n) is 2.39. The first-order valence-corrected chi connectivity index (χ1v) is 9.46. The van der Waals surface area contributed by atoms with Gasteiger partial charge in [0.25, 0.3) is 5.91 Å². The van der Waals surface area contributed by atoms with Gasteiger partial charge in [-0.1, -0.05) is 39.8 Å². The molecule has 1 aromatic heterocycles. The van der Waals surface area contributed by atoms with Crippen molar-refractivity contribution in [2.75, 3.05) is 17.7 Å². The number of carbonyl (C=O) groups is 1. The second-order valence-electron chi connectivity index (χ2n) is 5.60. The van der Waals surface area contributed by atoms with Crippen molar-refractivity contribution in [3.8, 4) is 0 Å². The molecule has 3 rings (SSSR count). The largest absolute Gasteiger partial charge is 0.383 e. The highest BCUT2D eigenvalue weighted by Gasteiger charge is 2.20. The van der Waals surface area contributed by atoms with Gasteiger partial charge in [-0.05, 0) is 43.3 Å².